The first kappa shape index (κ1) is 16.2. The van der Waals surface area contributed by atoms with Crippen molar-refractivity contribution >= 4 is 11.6 Å². The number of rotatable bonds is 4. The van der Waals surface area contributed by atoms with Crippen LogP contribution in [0, 0.1) is 17.6 Å². The van der Waals surface area contributed by atoms with E-state index in [9.17, 15) is 18.7 Å². The van der Waals surface area contributed by atoms with E-state index in [1.165, 1.54) is 6.07 Å². The highest BCUT2D eigenvalue weighted by Crippen LogP contribution is 2.30. The molecule has 1 saturated heterocycles. The number of carbonyl (C=O) groups is 1. The molecule has 6 heteroatoms. The third-order valence-corrected chi connectivity index (χ3v) is 4.96. The smallest absolute Gasteiger partial charge is 0.251 e. The van der Waals surface area contributed by atoms with Gasteiger partial charge in [-0.1, -0.05) is 0 Å². The number of hydrogen-bond acceptors (Lipinski definition) is 3. The molecule has 0 aromatic heterocycles. The highest BCUT2D eigenvalue weighted by Gasteiger charge is 2.39. The van der Waals surface area contributed by atoms with E-state index in [2.05, 4.69) is 5.32 Å². The standard InChI is InChI=1S/C17H22F2N2O2/c18-14-4-3-13(9-15(14)19)21-8-5-12(11-21)10-20-16(22)17(23)6-1-2-7-17/h3-4,9,12,23H,1-2,5-8,10-11H2,(H,20,22). The van der Waals surface area contributed by atoms with E-state index < -0.39 is 17.2 Å². The minimum Gasteiger partial charge on any atom is -0.380 e. The van der Waals surface area contributed by atoms with Crippen molar-refractivity contribution in [3.8, 4) is 0 Å². The molecule has 1 atom stereocenters. The molecule has 0 radical (unpaired) electrons. The number of carbonyl (C=O) groups excluding carboxylic acids is 1. The van der Waals surface area contributed by atoms with Crippen LogP contribution < -0.4 is 10.2 Å². The van der Waals surface area contributed by atoms with E-state index in [0.717, 1.165) is 31.9 Å². The zero-order chi connectivity index (χ0) is 16.4. The first-order chi connectivity index (χ1) is 11.0. The third-order valence-electron chi connectivity index (χ3n) is 4.96. The molecule has 3 rings (SSSR count). The summed E-state index contributed by atoms with van der Waals surface area (Å²) in [5.74, 6) is -1.72. The van der Waals surface area contributed by atoms with Gasteiger partial charge in [0.15, 0.2) is 11.6 Å². The Morgan fingerprint density at radius 3 is 2.74 bits per heavy atom. The second-order valence-electron chi connectivity index (χ2n) is 6.65. The maximum absolute atomic E-state index is 13.3. The maximum atomic E-state index is 13.3. The van der Waals surface area contributed by atoms with Crippen LogP contribution in [0.15, 0.2) is 18.2 Å². The lowest BCUT2D eigenvalue weighted by atomic mass is 10.0. The van der Waals surface area contributed by atoms with Crippen LogP contribution in [0.5, 0.6) is 0 Å². The monoisotopic (exact) mass is 324 g/mol. The van der Waals surface area contributed by atoms with Crippen molar-refractivity contribution in [2.24, 2.45) is 5.92 Å². The van der Waals surface area contributed by atoms with Gasteiger partial charge in [-0.15, -0.1) is 0 Å². The summed E-state index contributed by atoms with van der Waals surface area (Å²) in [5, 5.41) is 13.1. The lowest BCUT2D eigenvalue weighted by Gasteiger charge is -2.23. The van der Waals surface area contributed by atoms with Gasteiger partial charge in [-0.25, -0.2) is 8.78 Å². The third kappa shape index (κ3) is 3.47. The lowest BCUT2D eigenvalue weighted by molar-refractivity contribution is -0.139. The summed E-state index contributed by atoms with van der Waals surface area (Å²) >= 11 is 0. The van der Waals surface area contributed by atoms with Crippen molar-refractivity contribution in [3.63, 3.8) is 0 Å². The van der Waals surface area contributed by atoms with Crippen LogP contribution >= 0.6 is 0 Å². The molecule has 1 aliphatic heterocycles. The Morgan fingerprint density at radius 2 is 2.04 bits per heavy atom. The van der Waals surface area contributed by atoms with Crippen LogP contribution in [0.3, 0.4) is 0 Å². The molecule has 2 N–H and O–H groups in total. The number of benzene rings is 1. The van der Waals surface area contributed by atoms with Gasteiger partial charge >= 0.3 is 0 Å². The van der Waals surface area contributed by atoms with Crippen LogP contribution in [0.2, 0.25) is 0 Å². The first-order valence-corrected chi connectivity index (χ1v) is 8.19. The van der Waals surface area contributed by atoms with E-state index in [-0.39, 0.29) is 11.8 Å². The molecule has 0 bridgehead atoms. The zero-order valence-electron chi connectivity index (χ0n) is 13.0. The number of amides is 1. The van der Waals surface area contributed by atoms with E-state index >= 15 is 0 Å². The van der Waals surface area contributed by atoms with E-state index in [4.69, 9.17) is 0 Å². The van der Waals surface area contributed by atoms with Gasteiger partial charge in [0, 0.05) is 31.4 Å². The molecule has 0 spiro atoms. The second kappa shape index (κ2) is 6.43. The molecule has 4 nitrogen and oxygen atoms in total. The fourth-order valence-corrected chi connectivity index (χ4v) is 3.50. The van der Waals surface area contributed by atoms with Crippen molar-refractivity contribution in [1.82, 2.24) is 5.32 Å². The number of nitrogens with one attached hydrogen (secondary N) is 1. The normalized spacial score (nSPS) is 23.3. The molecule has 2 aliphatic rings. The predicted octanol–water partition coefficient (Wildman–Crippen LogP) is 2.21. The van der Waals surface area contributed by atoms with Crippen molar-refractivity contribution in [1.29, 1.82) is 0 Å². The van der Waals surface area contributed by atoms with Gasteiger partial charge in [0.05, 0.1) is 0 Å². The van der Waals surface area contributed by atoms with Crippen LogP contribution in [-0.2, 0) is 4.79 Å². The molecule has 1 unspecified atom stereocenters. The van der Waals surface area contributed by atoms with Gasteiger partial charge in [-0.2, -0.15) is 0 Å². The molecular weight excluding hydrogens is 302 g/mol. The fraction of sp³-hybridized carbons (Fsp3) is 0.588. The maximum Gasteiger partial charge on any atom is 0.251 e. The first-order valence-electron chi connectivity index (χ1n) is 8.19. The Morgan fingerprint density at radius 1 is 1.30 bits per heavy atom. The summed E-state index contributed by atoms with van der Waals surface area (Å²) in [5.41, 5.74) is -0.537. The molecule has 1 aliphatic carbocycles. The Balaban J connectivity index is 1.52. The summed E-state index contributed by atoms with van der Waals surface area (Å²) < 4.78 is 26.3. The number of halogens is 2. The summed E-state index contributed by atoms with van der Waals surface area (Å²) in [7, 11) is 0. The van der Waals surface area contributed by atoms with Crippen molar-refractivity contribution in [3.05, 3.63) is 29.8 Å². The molecule has 1 aromatic rings. The predicted molar refractivity (Wildman–Crippen MR) is 83.1 cm³/mol. The van der Waals surface area contributed by atoms with Gasteiger partial charge in [-0.3, -0.25) is 4.79 Å². The Bertz CT molecular complexity index is 588. The fourth-order valence-electron chi connectivity index (χ4n) is 3.50. The van der Waals surface area contributed by atoms with Crippen LogP contribution in [-0.4, -0.2) is 36.2 Å². The topological polar surface area (TPSA) is 52.6 Å². The summed E-state index contributed by atoms with van der Waals surface area (Å²) in [6.45, 7) is 1.93. The van der Waals surface area contributed by atoms with E-state index in [0.29, 0.717) is 31.6 Å². The average molecular weight is 324 g/mol. The van der Waals surface area contributed by atoms with Crippen molar-refractivity contribution < 1.29 is 18.7 Å². The SMILES string of the molecule is O=C(NCC1CCN(c2ccc(F)c(F)c2)C1)C1(O)CCCC1. The summed E-state index contributed by atoms with van der Waals surface area (Å²) in [4.78, 5) is 14.1. The number of aliphatic hydroxyl groups is 1. The summed E-state index contributed by atoms with van der Waals surface area (Å²) in [6, 6.07) is 3.91. The second-order valence-corrected chi connectivity index (χ2v) is 6.65. The number of nitrogens with zero attached hydrogens (tertiary/aromatic N) is 1. The molecule has 2 fully saturated rings. The minimum absolute atomic E-state index is 0.247. The molecule has 1 saturated carbocycles. The largest absolute Gasteiger partial charge is 0.380 e. The van der Waals surface area contributed by atoms with E-state index in [1.807, 2.05) is 4.90 Å². The molecule has 1 aromatic carbocycles. The van der Waals surface area contributed by atoms with Gasteiger partial charge in [0.2, 0.25) is 0 Å². The zero-order valence-corrected chi connectivity index (χ0v) is 13.0. The lowest BCUT2D eigenvalue weighted by Crippen LogP contribution is -2.46. The Labute approximate surface area is 134 Å². The van der Waals surface area contributed by atoms with E-state index in [1.54, 1.807) is 6.07 Å². The molecular formula is C17H22F2N2O2. The highest BCUT2D eigenvalue weighted by molar-refractivity contribution is 5.85. The molecule has 126 valence electrons. The number of anilines is 1. The van der Waals surface area contributed by atoms with Crippen molar-refractivity contribution in [2.75, 3.05) is 24.5 Å². The summed E-state index contributed by atoms with van der Waals surface area (Å²) in [6.07, 6.45) is 3.71. The van der Waals surface area contributed by atoms with Gasteiger partial charge in [0.1, 0.15) is 5.60 Å². The van der Waals surface area contributed by atoms with Gasteiger partial charge < -0.3 is 15.3 Å². The molecule has 1 heterocycles. The van der Waals surface area contributed by atoms with Crippen LogP contribution in [0.1, 0.15) is 32.1 Å². The van der Waals surface area contributed by atoms with Crippen LogP contribution in [0.25, 0.3) is 0 Å². The van der Waals surface area contributed by atoms with Gasteiger partial charge in [-0.05, 0) is 50.2 Å². The van der Waals surface area contributed by atoms with Gasteiger partial charge in [0.25, 0.3) is 5.91 Å². The molecule has 23 heavy (non-hydrogen) atoms. The average Bonchev–Trinajstić information content (AvgIpc) is 3.17. The quantitative estimate of drug-likeness (QED) is 0.893. The van der Waals surface area contributed by atoms with Crippen LogP contribution in [0.4, 0.5) is 14.5 Å². The minimum atomic E-state index is -1.20. The Kier molecular flexibility index (Phi) is 4.53. The Hall–Kier alpha value is -1.69. The number of hydrogen-bond donors (Lipinski definition) is 2. The van der Waals surface area contributed by atoms with Crippen molar-refractivity contribution in [2.45, 2.75) is 37.7 Å². The molecule has 1 amide bonds. The highest BCUT2D eigenvalue weighted by atomic mass is 19.2.